The smallest absolute Gasteiger partial charge is 0.228 e. The Balaban J connectivity index is 2.98. The van der Waals surface area contributed by atoms with Crippen molar-refractivity contribution in [2.45, 2.75) is 6.92 Å². The molecule has 0 N–H and O–H groups in total. The van der Waals surface area contributed by atoms with Crippen LogP contribution in [0, 0.1) is 0 Å². The summed E-state index contributed by atoms with van der Waals surface area (Å²) in [6, 6.07) is 6.70. The Labute approximate surface area is 78.7 Å². The summed E-state index contributed by atoms with van der Waals surface area (Å²) in [4.78, 5) is 21.8. The zero-order chi connectivity index (χ0) is 9.14. The van der Waals surface area contributed by atoms with Gasteiger partial charge >= 0.3 is 0 Å². The van der Waals surface area contributed by atoms with Gasteiger partial charge in [-0.15, -0.1) is 0 Å². The lowest BCUT2D eigenvalue weighted by atomic mass is 10.1. The Morgan fingerprint density at radius 3 is 2.08 bits per heavy atom. The van der Waals surface area contributed by atoms with E-state index in [-0.39, 0.29) is 0 Å². The second-order valence-electron chi connectivity index (χ2n) is 2.39. The van der Waals surface area contributed by atoms with Gasteiger partial charge in [0.15, 0.2) is 5.78 Å². The summed E-state index contributed by atoms with van der Waals surface area (Å²) in [7, 11) is 0. The molecule has 1 aromatic carbocycles. The number of ketones is 2. The van der Waals surface area contributed by atoms with Crippen LogP contribution in [-0.2, 0) is 4.79 Å². The molecule has 12 heavy (non-hydrogen) atoms. The van der Waals surface area contributed by atoms with Crippen molar-refractivity contribution in [2.75, 3.05) is 0 Å². The molecule has 0 aliphatic heterocycles. The molecule has 3 heteroatoms. The lowest BCUT2D eigenvalue weighted by Gasteiger charge is -1.95. The van der Waals surface area contributed by atoms with Gasteiger partial charge in [0, 0.05) is 17.0 Å². The van der Waals surface area contributed by atoms with Gasteiger partial charge in [-0.05, 0) is 24.3 Å². The van der Waals surface area contributed by atoms with E-state index < -0.39 is 11.6 Å². The zero-order valence-electron chi connectivity index (χ0n) is 6.50. The van der Waals surface area contributed by atoms with E-state index >= 15 is 0 Å². The third-order valence-electron chi connectivity index (χ3n) is 1.43. The number of hydrogen-bond acceptors (Lipinski definition) is 2. The van der Waals surface area contributed by atoms with Gasteiger partial charge in [0.05, 0.1) is 0 Å². The summed E-state index contributed by atoms with van der Waals surface area (Å²) in [5.74, 6) is -0.875. The van der Waals surface area contributed by atoms with Gasteiger partial charge in [-0.2, -0.15) is 0 Å². The molecule has 0 aromatic heterocycles. The molecule has 0 amide bonds. The first-order valence-corrected chi connectivity index (χ1v) is 4.21. The SMILES string of the molecule is CC(=O)C(=O)c1ccc(Br)cc1. The van der Waals surface area contributed by atoms with Crippen molar-refractivity contribution < 1.29 is 9.59 Å². The van der Waals surface area contributed by atoms with Gasteiger partial charge in [-0.3, -0.25) is 9.59 Å². The monoisotopic (exact) mass is 226 g/mol. The normalized spacial score (nSPS) is 9.50. The van der Waals surface area contributed by atoms with Crippen molar-refractivity contribution in [1.82, 2.24) is 0 Å². The summed E-state index contributed by atoms with van der Waals surface area (Å²) in [6.45, 7) is 1.27. The van der Waals surface area contributed by atoms with Gasteiger partial charge in [0.2, 0.25) is 5.78 Å². The summed E-state index contributed by atoms with van der Waals surface area (Å²) in [5.41, 5.74) is 0.436. The van der Waals surface area contributed by atoms with Crippen LogP contribution in [-0.4, -0.2) is 11.6 Å². The Kier molecular flexibility index (Phi) is 2.76. The molecule has 0 saturated carbocycles. The van der Waals surface area contributed by atoms with Crippen LogP contribution >= 0.6 is 15.9 Å². The highest BCUT2D eigenvalue weighted by atomic mass is 79.9. The van der Waals surface area contributed by atoms with Crippen LogP contribution in [0.3, 0.4) is 0 Å². The molecular weight excluding hydrogens is 220 g/mol. The second-order valence-corrected chi connectivity index (χ2v) is 3.31. The third-order valence-corrected chi connectivity index (χ3v) is 1.95. The van der Waals surface area contributed by atoms with Crippen molar-refractivity contribution in [1.29, 1.82) is 0 Å². The molecule has 1 aromatic rings. The van der Waals surface area contributed by atoms with Crippen LogP contribution in [0.15, 0.2) is 28.7 Å². The van der Waals surface area contributed by atoms with Crippen LogP contribution in [0.4, 0.5) is 0 Å². The number of rotatable bonds is 2. The number of hydrogen-bond donors (Lipinski definition) is 0. The fraction of sp³-hybridized carbons (Fsp3) is 0.111. The highest BCUT2D eigenvalue weighted by molar-refractivity contribution is 9.10. The fourth-order valence-electron chi connectivity index (χ4n) is 0.805. The minimum atomic E-state index is -0.442. The molecule has 0 heterocycles. The van der Waals surface area contributed by atoms with Crippen molar-refractivity contribution in [2.24, 2.45) is 0 Å². The van der Waals surface area contributed by atoms with Crippen molar-refractivity contribution in [3.8, 4) is 0 Å². The Bertz CT molecular complexity index is 314. The molecule has 0 spiro atoms. The van der Waals surface area contributed by atoms with E-state index in [2.05, 4.69) is 15.9 Å². The van der Waals surface area contributed by atoms with Crippen molar-refractivity contribution in [3.63, 3.8) is 0 Å². The molecule has 1 rings (SSSR count). The van der Waals surface area contributed by atoms with E-state index in [0.29, 0.717) is 5.56 Å². The minimum absolute atomic E-state index is 0.433. The first-order valence-electron chi connectivity index (χ1n) is 3.42. The lowest BCUT2D eigenvalue weighted by Crippen LogP contribution is -2.08. The molecule has 62 valence electrons. The molecule has 0 fully saturated rings. The number of benzene rings is 1. The highest BCUT2D eigenvalue weighted by Crippen LogP contribution is 2.10. The van der Waals surface area contributed by atoms with Crippen LogP contribution in [0.5, 0.6) is 0 Å². The van der Waals surface area contributed by atoms with Gasteiger partial charge < -0.3 is 0 Å². The molecule has 0 bridgehead atoms. The molecule has 0 aliphatic rings. The first-order chi connectivity index (χ1) is 5.61. The Morgan fingerprint density at radius 1 is 1.17 bits per heavy atom. The van der Waals surface area contributed by atoms with Crippen LogP contribution in [0.2, 0.25) is 0 Å². The lowest BCUT2D eigenvalue weighted by molar-refractivity contribution is -0.113. The Morgan fingerprint density at radius 2 is 1.67 bits per heavy atom. The van der Waals surface area contributed by atoms with Crippen LogP contribution in [0.25, 0.3) is 0 Å². The van der Waals surface area contributed by atoms with Gasteiger partial charge in [0.25, 0.3) is 0 Å². The number of carbonyl (C=O) groups is 2. The third kappa shape index (κ3) is 2.01. The predicted molar refractivity (Wildman–Crippen MR) is 49.2 cm³/mol. The quantitative estimate of drug-likeness (QED) is 0.573. The predicted octanol–water partition coefficient (Wildman–Crippen LogP) is 2.22. The van der Waals surface area contributed by atoms with E-state index in [1.54, 1.807) is 24.3 Å². The average Bonchev–Trinajstić information content (AvgIpc) is 2.04. The molecule has 0 saturated heterocycles. The summed E-state index contributed by atoms with van der Waals surface area (Å²) >= 11 is 3.24. The summed E-state index contributed by atoms with van der Waals surface area (Å²) in [6.07, 6.45) is 0. The van der Waals surface area contributed by atoms with Gasteiger partial charge in [-0.25, -0.2) is 0 Å². The van der Waals surface area contributed by atoms with E-state index in [4.69, 9.17) is 0 Å². The molecule has 0 radical (unpaired) electrons. The minimum Gasteiger partial charge on any atom is -0.291 e. The summed E-state index contributed by atoms with van der Waals surface area (Å²) < 4.78 is 0.891. The van der Waals surface area contributed by atoms with E-state index in [0.717, 1.165) is 4.47 Å². The maximum Gasteiger partial charge on any atom is 0.228 e. The van der Waals surface area contributed by atoms with Crippen molar-refractivity contribution in [3.05, 3.63) is 34.3 Å². The molecule has 0 unspecified atom stereocenters. The standard InChI is InChI=1S/C9H7BrO2/c1-6(11)9(12)7-2-4-8(10)5-3-7/h2-5H,1H3. The Hall–Kier alpha value is -0.960. The molecule has 2 nitrogen and oxygen atoms in total. The van der Waals surface area contributed by atoms with Crippen LogP contribution in [0.1, 0.15) is 17.3 Å². The van der Waals surface area contributed by atoms with Crippen LogP contribution < -0.4 is 0 Å². The highest BCUT2D eigenvalue weighted by Gasteiger charge is 2.09. The molecule has 0 aliphatic carbocycles. The molecule has 0 atom stereocenters. The number of carbonyl (C=O) groups excluding carboxylic acids is 2. The topological polar surface area (TPSA) is 34.1 Å². The largest absolute Gasteiger partial charge is 0.291 e. The van der Waals surface area contributed by atoms with Crippen molar-refractivity contribution >= 4 is 27.5 Å². The first kappa shape index (κ1) is 9.13. The summed E-state index contributed by atoms with van der Waals surface area (Å²) in [5, 5.41) is 0. The second kappa shape index (κ2) is 3.63. The van der Waals surface area contributed by atoms with Gasteiger partial charge in [0.1, 0.15) is 0 Å². The van der Waals surface area contributed by atoms with E-state index in [9.17, 15) is 9.59 Å². The number of Topliss-reactive ketones (excluding diaryl/α,β-unsaturated/α-hetero) is 2. The average molecular weight is 227 g/mol. The maximum atomic E-state index is 11.1. The molecular formula is C9H7BrO2. The van der Waals surface area contributed by atoms with E-state index in [1.165, 1.54) is 6.92 Å². The number of halogens is 1. The fourth-order valence-corrected chi connectivity index (χ4v) is 1.07. The van der Waals surface area contributed by atoms with Gasteiger partial charge in [-0.1, -0.05) is 15.9 Å². The maximum absolute atomic E-state index is 11.1. The zero-order valence-corrected chi connectivity index (χ0v) is 8.09. The van der Waals surface area contributed by atoms with E-state index in [1.807, 2.05) is 0 Å².